The molecule has 1 aliphatic rings. The number of allylic oxidation sites excluding steroid dienone is 3. The van der Waals surface area contributed by atoms with Crippen LogP contribution in [0.4, 0.5) is 4.79 Å². The van der Waals surface area contributed by atoms with Crippen LogP contribution in [0.1, 0.15) is 41.0 Å². The smallest absolute Gasteiger partial charge is 0.414 e. The maximum Gasteiger partial charge on any atom is 0.414 e. The summed E-state index contributed by atoms with van der Waals surface area (Å²) >= 11 is 0. The van der Waals surface area contributed by atoms with Crippen LogP contribution in [0.2, 0.25) is 0 Å². The summed E-state index contributed by atoms with van der Waals surface area (Å²) in [6, 6.07) is 0.105. The number of nitrogens with zero attached hydrogens (tertiary/aromatic N) is 1. The zero-order valence-corrected chi connectivity index (χ0v) is 11.5. The molecule has 3 nitrogen and oxygen atoms in total. The molecule has 0 radical (unpaired) electrons. The Balaban J connectivity index is 3.04. The normalized spacial score (nSPS) is 20.2. The van der Waals surface area contributed by atoms with Crippen molar-refractivity contribution in [1.29, 1.82) is 0 Å². The molecule has 0 saturated carbocycles. The first-order valence-corrected chi connectivity index (χ1v) is 6.26. The maximum atomic E-state index is 12.1. The number of carbonyl (C=O) groups excluding carboxylic acids is 1. The van der Waals surface area contributed by atoms with Crippen molar-refractivity contribution in [3.8, 4) is 0 Å². The van der Waals surface area contributed by atoms with Crippen LogP contribution in [0.3, 0.4) is 0 Å². The number of carbonyl (C=O) groups is 1. The summed E-state index contributed by atoms with van der Waals surface area (Å²) in [6.07, 6.45) is 6.73. The van der Waals surface area contributed by atoms with Gasteiger partial charge in [-0.05, 0) is 19.4 Å². The highest BCUT2D eigenvalue weighted by Gasteiger charge is 2.33. The molecule has 0 spiro atoms. The highest BCUT2D eigenvalue weighted by Crippen LogP contribution is 2.33. The summed E-state index contributed by atoms with van der Waals surface area (Å²) in [5.41, 5.74) is 0.954. The zero-order valence-electron chi connectivity index (χ0n) is 11.5. The monoisotopic (exact) mass is 237 g/mol. The minimum atomic E-state index is -0.245. The Hall–Kier alpha value is -1.25. The molecule has 0 aromatic rings. The second-order valence-corrected chi connectivity index (χ2v) is 5.23. The molecule has 1 atom stereocenters. The van der Waals surface area contributed by atoms with Gasteiger partial charge in [-0.2, -0.15) is 0 Å². The Labute approximate surface area is 104 Å². The molecule has 0 aromatic carbocycles. The average Bonchev–Trinajstić information content (AvgIpc) is 2.27. The predicted octanol–water partition coefficient (Wildman–Crippen LogP) is 3.72. The predicted molar refractivity (Wildman–Crippen MR) is 69.6 cm³/mol. The minimum absolute atomic E-state index is 0.0645. The van der Waals surface area contributed by atoms with Crippen LogP contribution in [-0.4, -0.2) is 23.6 Å². The van der Waals surface area contributed by atoms with Gasteiger partial charge >= 0.3 is 6.09 Å². The summed E-state index contributed by atoms with van der Waals surface area (Å²) in [4.78, 5) is 13.8. The van der Waals surface area contributed by atoms with Gasteiger partial charge < -0.3 is 4.74 Å². The van der Waals surface area contributed by atoms with Crippen LogP contribution in [0, 0.1) is 5.41 Å². The second kappa shape index (κ2) is 5.39. The van der Waals surface area contributed by atoms with Crippen LogP contribution in [0.15, 0.2) is 23.9 Å². The lowest BCUT2D eigenvalue weighted by atomic mass is 9.88. The Kier molecular flexibility index (Phi) is 4.38. The van der Waals surface area contributed by atoms with E-state index in [0.717, 1.165) is 12.1 Å². The van der Waals surface area contributed by atoms with E-state index in [2.05, 4.69) is 27.7 Å². The molecule has 1 amide bonds. The van der Waals surface area contributed by atoms with Gasteiger partial charge in [-0.1, -0.05) is 39.8 Å². The Morgan fingerprint density at radius 2 is 2.06 bits per heavy atom. The van der Waals surface area contributed by atoms with Gasteiger partial charge in [0.1, 0.15) is 0 Å². The van der Waals surface area contributed by atoms with Crippen LogP contribution in [0.25, 0.3) is 0 Å². The van der Waals surface area contributed by atoms with Crippen molar-refractivity contribution in [3.05, 3.63) is 23.9 Å². The lowest BCUT2D eigenvalue weighted by molar-refractivity contribution is 0.101. The molecule has 0 fully saturated rings. The van der Waals surface area contributed by atoms with Crippen molar-refractivity contribution in [2.45, 2.75) is 47.1 Å². The van der Waals surface area contributed by atoms with E-state index in [-0.39, 0.29) is 17.6 Å². The average molecular weight is 237 g/mol. The van der Waals surface area contributed by atoms with E-state index >= 15 is 0 Å². The molecule has 0 aromatic heterocycles. The molecular weight excluding hydrogens is 214 g/mol. The fraction of sp³-hybridized carbons (Fsp3) is 0.643. The highest BCUT2D eigenvalue weighted by molar-refractivity contribution is 5.71. The Morgan fingerprint density at radius 3 is 2.53 bits per heavy atom. The molecule has 0 aliphatic carbocycles. The lowest BCUT2D eigenvalue weighted by Gasteiger charge is -2.38. The summed E-state index contributed by atoms with van der Waals surface area (Å²) in [7, 11) is 0. The minimum Gasteiger partial charge on any atom is -0.449 e. The Bertz CT molecular complexity index is 337. The second-order valence-electron chi connectivity index (χ2n) is 5.23. The third-order valence-corrected chi connectivity index (χ3v) is 2.83. The van der Waals surface area contributed by atoms with Gasteiger partial charge in [0.25, 0.3) is 0 Å². The van der Waals surface area contributed by atoms with Gasteiger partial charge in [0, 0.05) is 11.1 Å². The van der Waals surface area contributed by atoms with Crippen LogP contribution < -0.4 is 0 Å². The molecule has 3 heteroatoms. The van der Waals surface area contributed by atoms with Gasteiger partial charge in [0.05, 0.1) is 12.6 Å². The van der Waals surface area contributed by atoms with Gasteiger partial charge in [-0.15, -0.1) is 0 Å². The highest BCUT2D eigenvalue weighted by atomic mass is 16.6. The molecule has 17 heavy (non-hydrogen) atoms. The molecule has 96 valence electrons. The number of hydrogen-bond donors (Lipinski definition) is 0. The first-order chi connectivity index (χ1) is 7.91. The maximum absolute atomic E-state index is 12.1. The molecule has 1 heterocycles. The van der Waals surface area contributed by atoms with E-state index in [1.165, 1.54) is 0 Å². The van der Waals surface area contributed by atoms with E-state index in [4.69, 9.17) is 4.74 Å². The molecule has 0 N–H and O–H groups in total. The van der Waals surface area contributed by atoms with E-state index < -0.39 is 0 Å². The van der Waals surface area contributed by atoms with Crippen molar-refractivity contribution >= 4 is 6.09 Å². The number of amides is 1. The van der Waals surface area contributed by atoms with Crippen molar-refractivity contribution in [2.75, 3.05) is 6.61 Å². The quantitative estimate of drug-likeness (QED) is 0.732. The largest absolute Gasteiger partial charge is 0.449 e. The molecule has 1 rings (SSSR count). The third kappa shape index (κ3) is 3.11. The molecule has 0 bridgehead atoms. The number of ether oxygens (including phenoxy) is 1. The van der Waals surface area contributed by atoms with Gasteiger partial charge in [-0.25, -0.2) is 4.79 Å². The fourth-order valence-electron chi connectivity index (χ4n) is 1.98. The van der Waals surface area contributed by atoms with Crippen molar-refractivity contribution in [3.63, 3.8) is 0 Å². The Morgan fingerprint density at radius 1 is 1.41 bits per heavy atom. The molecule has 1 aliphatic heterocycles. The summed E-state index contributed by atoms with van der Waals surface area (Å²) in [5, 5.41) is 0. The fourth-order valence-corrected chi connectivity index (χ4v) is 1.98. The standard InChI is InChI=1S/C14H23NO2/c1-6-11-9-8-10-12(14(3,4)5)15(11)13(16)17-7-2/h8-11H,6-7H2,1-5H3. The van der Waals surface area contributed by atoms with Crippen molar-refractivity contribution < 1.29 is 9.53 Å². The first kappa shape index (κ1) is 13.8. The number of hydrogen-bond acceptors (Lipinski definition) is 2. The van der Waals surface area contributed by atoms with Gasteiger partial charge in [-0.3, -0.25) is 4.90 Å². The van der Waals surface area contributed by atoms with Crippen LogP contribution in [0.5, 0.6) is 0 Å². The molecule has 1 unspecified atom stereocenters. The molecule has 0 saturated heterocycles. The first-order valence-electron chi connectivity index (χ1n) is 6.26. The summed E-state index contributed by atoms with van der Waals surface area (Å²) < 4.78 is 5.15. The zero-order chi connectivity index (χ0) is 13.1. The van der Waals surface area contributed by atoms with Crippen molar-refractivity contribution in [2.24, 2.45) is 5.41 Å². The topological polar surface area (TPSA) is 29.5 Å². The van der Waals surface area contributed by atoms with Crippen LogP contribution >= 0.6 is 0 Å². The number of rotatable bonds is 2. The van der Waals surface area contributed by atoms with E-state index in [0.29, 0.717) is 6.61 Å². The van der Waals surface area contributed by atoms with E-state index in [1.807, 2.05) is 25.2 Å². The summed E-state index contributed by atoms with van der Waals surface area (Å²) in [6.45, 7) is 10.6. The van der Waals surface area contributed by atoms with Gasteiger partial charge in [0.2, 0.25) is 0 Å². The van der Waals surface area contributed by atoms with Crippen molar-refractivity contribution in [1.82, 2.24) is 4.90 Å². The van der Waals surface area contributed by atoms with Crippen LogP contribution in [-0.2, 0) is 4.74 Å². The SMILES string of the molecule is CCOC(=O)N1C(C(C)(C)C)=CC=CC1CC. The van der Waals surface area contributed by atoms with E-state index in [9.17, 15) is 4.79 Å². The molecular formula is C14H23NO2. The van der Waals surface area contributed by atoms with E-state index in [1.54, 1.807) is 4.90 Å². The summed E-state index contributed by atoms with van der Waals surface area (Å²) in [5.74, 6) is 0. The lowest BCUT2D eigenvalue weighted by Crippen LogP contribution is -2.43. The third-order valence-electron chi connectivity index (χ3n) is 2.83. The van der Waals surface area contributed by atoms with Gasteiger partial charge in [0.15, 0.2) is 0 Å².